The molecule has 1 aromatic carbocycles. The van der Waals surface area contributed by atoms with E-state index in [-0.39, 0.29) is 0 Å². The summed E-state index contributed by atoms with van der Waals surface area (Å²) < 4.78 is 5.12. The maximum Gasteiger partial charge on any atom is 0.225 e. The minimum Gasteiger partial charge on any atom is -0.360 e. The minimum atomic E-state index is 0.452. The van der Waals surface area contributed by atoms with Gasteiger partial charge in [0.25, 0.3) is 0 Å². The smallest absolute Gasteiger partial charge is 0.225 e. The first-order chi connectivity index (χ1) is 12.3. The van der Waals surface area contributed by atoms with Crippen LogP contribution in [0.1, 0.15) is 31.4 Å². The van der Waals surface area contributed by atoms with Crippen molar-refractivity contribution in [2.75, 3.05) is 10.6 Å². The van der Waals surface area contributed by atoms with Crippen molar-refractivity contribution < 1.29 is 4.52 Å². The zero-order valence-corrected chi connectivity index (χ0v) is 14.2. The van der Waals surface area contributed by atoms with Crippen molar-refractivity contribution in [1.82, 2.24) is 15.1 Å². The molecule has 0 aliphatic heterocycles. The second kappa shape index (κ2) is 6.93. The van der Waals surface area contributed by atoms with Crippen LogP contribution in [0, 0.1) is 6.92 Å². The summed E-state index contributed by atoms with van der Waals surface area (Å²) in [6, 6.07) is 14.3. The molecular formula is C19H21N5O. The fourth-order valence-electron chi connectivity index (χ4n) is 3.14. The number of benzene rings is 1. The number of anilines is 3. The molecule has 0 amide bonds. The number of nitrogens with zero attached hydrogens (tertiary/aromatic N) is 3. The van der Waals surface area contributed by atoms with E-state index in [1.165, 1.54) is 25.7 Å². The quantitative estimate of drug-likeness (QED) is 0.713. The van der Waals surface area contributed by atoms with Crippen LogP contribution in [0.3, 0.4) is 0 Å². The van der Waals surface area contributed by atoms with E-state index in [0.717, 1.165) is 17.0 Å². The van der Waals surface area contributed by atoms with Gasteiger partial charge in [-0.1, -0.05) is 48.3 Å². The van der Waals surface area contributed by atoms with Crippen molar-refractivity contribution in [1.29, 1.82) is 0 Å². The molecule has 128 valence electrons. The maximum absolute atomic E-state index is 5.12. The fraction of sp³-hybridized carbons (Fsp3) is 0.316. The lowest BCUT2D eigenvalue weighted by Crippen LogP contribution is -2.17. The SMILES string of the molecule is Cc1cc(Nc2cc(-c3ccccc3)nc(NC3CCCC3)n2)no1. The summed E-state index contributed by atoms with van der Waals surface area (Å²) in [6.07, 6.45) is 4.87. The highest BCUT2D eigenvalue weighted by Gasteiger charge is 2.17. The van der Waals surface area contributed by atoms with Crippen molar-refractivity contribution in [3.63, 3.8) is 0 Å². The molecule has 6 heteroatoms. The topological polar surface area (TPSA) is 75.9 Å². The van der Waals surface area contributed by atoms with Gasteiger partial charge >= 0.3 is 0 Å². The first-order valence-electron chi connectivity index (χ1n) is 8.68. The third kappa shape index (κ3) is 3.79. The predicted octanol–water partition coefficient (Wildman–Crippen LogP) is 4.54. The molecule has 1 aliphatic carbocycles. The van der Waals surface area contributed by atoms with Gasteiger partial charge in [0, 0.05) is 23.7 Å². The van der Waals surface area contributed by atoms with Crippen LogP contribution in [-0.2, 0) is 0 Å². The molecule has 1 saturated carbocycles. The molecule has 3 aromatic rings. The summed E-state index contributed by atoms with van der Waals surface area (Å²) in [5.74, 6) is 2.74. The van der Waals surface area contributed by atoms with Crippen molar-refractivity contribution in [3.8, 4) is 11.3 Å². The maximum atomic E-state index is 5.12. The monoisotopic (exact) mass is 335 g/mol. The molecule has 6 nitrogen and oxygen atoms in total. The number of rotatable bonds is 5. The summed E-state index contributed by atoms with van der Waals surface area (Å²) in [7, 11) is 0. The van der Waals surface area contributed by atoms with E-state index in [0.29, 0.717) is 23.6 Å². The predicted molar refractivity (Wildman–Crippen MR) is 97.9 cm³/mol. The van der Waals surface area contributed by atoms with E-state index in [9.17, 15) is 0 Å². The Morgan fingerprint density at radius 3 is 2.52 bits per heavy atom. The molecule has 4 rings (SSSR count). The first kappa shape index (κ1) is 15.6. The Morgan fingerprint density at radius 1 is 1.00 bits per heavy atom. The summed E-state index contributed by atoms with van der Waals surface area (Å²) in [6.45, 7) is 1.86. The van der Waals surface area contributed by atoms with Crippen LogP contribution in [0.4, 0.5) is 17.6 Å². The number of hydrogen-bond donors (Lipinski definition) is 2. The van der Waals surface area contributed by atoms with Crippen molar-refractivity contribution >= 4 is 17.6 Å². The zero-order chi connectivity index (χ0) is 17.1. The Labute approximate surface area is 146 Å². The molecule has 2 aromatic heterocycles. The van der Waals surface area contributed by atoms with E-state index in [1.807, 2.05) is 49.4 Å². The van der Waals surface area contributed by atoms with E-state index in [2.05, 4.69) is 20.8 Å². The van der Waals surface area contributed by atoms with Crippen molar-refractivity contribution in [2.24, 2.45) is 0 Å². The van der Waals surface area contributed by atoms with Crippen LogP contribution < -0.4 is 10.6 Å². The molecule has 0 unspecified atom stereocenters. The fourth-order valence-corrected chi connectivity index (χ4v) is 3.14. The van der Waals surface area contributed by atoms with Crippen molar-refractivity contribution in [3.05, 3.63) is 48.2 Å². The van der Waals surface area contributed by atoms with Gasteiger partial charge in [-0.2, -0.15) is 4.98 Å². The number of hydrogen-bond acceptors (Lipinski definition) is 6. The lowest BCUT2D eigenvalue weighted by atomic mass is 10.1. The average molecular weight is 335 g/mol. The molecule has 1 fully saturated rings. The van der Waals surface area contributed by atoms with E-state index in [4.69, 9.17) is 9.51 Å². The van der Waals surface area contributed by atoms with Gasteiger partial charge in [-0.15, -0.1) is 0 Å². The second-order valence-corrected chi connectivity index (χ2v) is 6.40. The summed E-state index contributed by atoms with van der Waals surface area (Å²) in [5, 5.41) is 10.7. The lowest BCUT2D eigenvalue weighted by Gasteiger charge is -2.14. The third-order valence-electron chi connectivity index (χ3n) is 4.37. The number of nitrogens with one attached hydrogen (secondary N) is 2. The van der Waals surface area contributed by atoms with E-state index >= 15 is 0 Å². The number of aromatic nitrogens is 3. The van der Waals surface area contributed by atoms with Gasteiger partial charge in [0.2, 0.25) is 5.95 Å². The van der Waals surface area contributed by atoms with E-state index < -0.39 is 0 Å². The summed E-state index contributed by atoms with van der Waals surface area (Å²) >= 11 is 0. The van der Waals surface area contributed by atoms with Crippen LogP contribution in [0.15, 0.2) is 47.0 Å². The van der Waals surface area contributed by atoms with Gasteiger partial charge in [0.1, 0.15) is 11.6 Å². The largest absolute Gasteiger partial charge is 0.360 e. The molecule has 2 heterocycles. The normalized spacial score (nSPS) is 14.6. The van der Waals surface area contributed by atoms with Crippen LogP contribution in [0.5, 0.6) is 0 Å². The molecule has 0 bridgehead atoms. The highest BCUT2D eigenvalue weighted by Crippen LogP contribution is 2.26. The molecule has 0 radical (unpaired) electrons. The Hall–Kier alpha value is -2.89. The van der Waals surface area contributed by atoms with Crippen LogP contribution in [-0.4, -0.2) is 21.2 Å². The Bertz CT molecular complexity index is 840. The molecule has 25 heavy (non-hydrogen) atoms. The molecule has 0 atom stereocenters. The molecule has 2 N–H and O–H groups in total. The second-order valence-electron chi connectivity index (χ2n) is 6.40. The standard InChI is InChI=1S/C19H21N5O/c1-13-11-18(24-25-13)22-17-12-16(14-7-3-2-4-8-14)21-19(23-17)20-15-9-5-6-10-15/h2-4,7-8,11-12,15H,5-6,9-10H2,1H3,(H2,20,21,22,23,24). The zero-order valence-electron chi connectivity index (χ0n) is 14.2. The Kier molecular flexibility index (Phi) is 4.33. The van der Waals surface area contributed by atoms with Gasteiger partial charge < -0.3 is 15.2 Å². The van der Waals surface area contributed by atoms with Gasteiger partial charge in [-0.05, 0) is 19.8 Å². The Morgan fingerprint density at radius 2 is 1.80 bits per heavy atom. The van der Waals surface area contributed by atoms with Crippen LogP contribution in [0.25, 0.3) is 11.3 Å². The van der Waals surface area contributed by atoms with Gasteiger partial charge in [0.15, 0.2) is 5.82 Å². The molecule has 1 aliphatic rings. The molecular weight excluding hydrogens is 314 g/mol. The van der Waals surface area contributed by atoms with Gasteiger partial charge in [-0.25, -0.2) is 4.98 Å². The van der Waals surface area contributed by atoms with E-state index in [1.54, 1.807) is 0 Å². The minimum absolute atomic E-state index is 0.452. The average Bonchev–Trinajstić information content (AvgIpc) is 3.27. The highest BCUT2D eigenvalue weighted by atomic mass is 16.5. The highest BCUT2D eigenvalue weighted by molar-refractivity contribution is 5.66. The Balaban J connectivity index is 1.66. The van der Waals surface area contributed by atoms with Crippen LogP contribution in [0.2, 0.25) is 0 Å². The first-order valence-corrected chi connectivity index (χ1v) is 8.68. The van der Waals surface area contributed by atoms with Crippen LogP contribution >= 0.6 is 0 Å². The van der Waals surface area contributed by atoms with Gasteiger partial charge in [0.05, 0.1) is 5.69 Å². The molecule has 0 saturated heterocycles. The third-order valence-corrected chi connectivity index (χ3v) is 4.37. The summed E-state index contributed by atoms with van der Waals surface area (Å²) in [4.78, 5) is 9.32. The molecule has 0 spiro atoms. The lowest BCUT2D eigenvalue weighted by molar-refractivity contribution is 0.400. The number of aryl methyl sites for hydroxylation is 1. The van der Waals surface area contributed by atoms with Crippen molar-refractivity contribution in [2.45, 2.75) is 38.6 Å². The van der Waals surface area contributed by atoms with Gasteiger partial charge in [-0.3, -0.25) is 0 Å². The summed E-state index contributed by atoms with van der Waals surface area (Å²) in [5.41, 5.74) is 1.93.